The lowest BCUT2D eigenvalue weighted by Gasteiger charge is -2.26. The molecule has 0 bridgehead atoms. The van der Waals surface area contributed by atoms with Crippen LogP contribution in [-0.4, -0.2) is 37.9 Å². The van der Waals surface area contributed by atoms with Crippen LogP contribution in [0.4, 0.5) is 24.7 Å². The van der Waals surface area contributed by atoms with Gasteiger partial charge in [-0.05, 0) is 55.2 Å². The second kappa shape index (κ2) is 9.13. The van der Waals surface area contributed by atoms with Gasteiger partial charge in [0, 0.05) is 31.0 Å². The summed E-state index contributed by atoms with van der Waals surface area (Å²) < 4.78 is 55.9. The monoisotopic (exact) mass is 436 g/mol. The second-order valence-corrected chi connectivity index (χ2v) is 7.69. The van der Waals surface area contributed by atoms with E-state index >= 15 is 0 Å². The van der Waals surface area contributed by atoms with Crippen LogP contribution in [0, 0.1) is 5.82 Å². The molecule has 1 aliphatic carbocycles. The number of nitrogens with zero attached hydrogens (tertiary/aromatic N) is 1. The smallest absolute Gasteiger partial charge is 0.387 e. The zero-order chi connectivity index (χ0) is 22.0. The van der Waals surface area contributed by atoms with Crippen LogP contribution in [0.1, 0.15) is 59.0 Å². The summed E-state index contributed by atoms with van der Waals surface area (Å²) in [7, 11) is 1.24. The number of halogens is 3. The predicted molar refractivity (Wildman–Crippen MR) is 107 cm³/mol. The summed E-state index contributed by atoms with van der Waals surface area (Å²) in [6, 6.07) is 3.94. The Morgan fingerprint density at radius 3 is 2.55 bits per heavy atom. The number of hydrogen-bond acceptors (Lipinski definition) is 6. The Bertz CT molecular complexity index is 960. The standard InChI is InChI=1S/C22H23F3N2O4/c1-29-21(28)17-8-14(12-2-3-12)11-26-20(17)27-18-10-15(23)9-16(19(18)31-22(24)25)13-4-6-30-7-5-13/h8-13,22H,2-7H2,1H3,(H,26,27). The Morgan fingerprint density at radius 1 is 1.16 bits per heavy atom. The summed E-state index contributed by atoms with van der Waals surface area (Å²) in [6.45, 7) is -2.20. The van der Waals surface area contributed by atoms with Gasteiger partial charge in [-0.25, -0.2) is 14.2 Å². The van der Waals surface area contributed by atoms with Gasteiger partial charge < -0.3 is 19.5 Å². The van der Waals surface area contributed by atoms with Crippen molar-refractivity contribution in [3.63, 3.8) is 0 Å². The van der Waals surface area contributed by atoms with Gasteiger partial charge >= 0.3 is 12.6 Å². The van der Waals surface area contributed by atoms with Gasteiger partial charge in [0.05, 0.1) is 12.8 Å². The van der Waals surface area contributed by atoms with E-state index in [0.29, 0.717) is 37.5 Å². The molecule has 9 heteroatoms. The first-order valence-corrected chi connectivity index (χ1v) is 10.2. The molecule has 0 spiro atoms. The van der Waals surface area contributed by atoms with E-state index in [1.165, 1.54) is 13.2 Å². The summed E-state index contributed by atoms with van der Waals surface area (Å²) in [4.78, 5) is 16.6. The van der Waals surface area contributed by atoms with E-state index < -0.39 is 18.4 Å². The highest BCUT2D eigenvalue weighted by atomic mass is 19.3. The average molecular weight is 436 g/mol. The molecule has 2 aromatic rings. The molecule has 0 radical (unpaired) electrons. The molecule has 2 fully saturated rings. The third-order valence-corrected chi connectivity index (χ3v) is 5.57. The van der Waals surface area contributed by atoms with Crippen LogP contribution in [0.15, 0.2) is 24.4 Å². The summed E-state index contributed by atoms with van der Waals surface area (Å²) in [6.07, 6.45) is 4.77. The van der Waals surface area contributed by atoms with Gasteiger partial charge in [-0.2, -0.15) is 8.78 Å². The fourth-order valence-electron chi connectivity index (χ4n) is 3.85. The first kappa shape index (κ1) is 21.4. The highest BCUT2D eigenvalue weighted by Gasteiger charge is 2.28. The van der Waals surface area contributed by atoms with Crippen LogP contribution in [0.2, 0.25) is 0 Å². The minimum absolute atomic E-state index is 0.0291. The SMILES string of the molecule is COC(=O)c1cc(C2CC2)cnc1Nc1cc(F)cc(C2CCOCC2)c1OC(F)F. The van der Waals surface area contributed by atoms with Crippen molar-refractivity contribution in [2.45, 2.75) is 44.1 Å². The van der Waals surface area contributed by atoms with Crippen molar-refractivity contribution in [3.05, 3.63) is 46.9 Å². The Kier molecular flexibility index (Phi) is 6.31. The van der Waals surface area contributed by atoms with Gasteiger partial charge in [-0.3, -0.25) is 0 Å². The summed E-state index contributed by atoms with van der Waals surface area (Å²) in [5.74, 6) is -1.17. The maximum atomic E-state index is 14.5. The van der Waals surface area contributed by atoms with Crippen molar-refractivity contribution in [2.75, 3.05) is 25.6 Å². The molecule has 0 unspecified atom stereocenters. The highest BCUT2D eigenvalue weighted by Crippen LogP contribution is 2.43. The highest BCUT2D eigenvalue weighted by molar-refractivity contribution is 5.96. The normalized spacial score (nSPS) is 16.9. The number of pyridine rings is 1. The van der Waals surface area contributed by atoms with Crippen LogP contribution >= 0.6 is 0 Å². The number of rotatable bonds is 7. The van der Waals surface area contributed by atoms with Crippen LogP contribution < -0.4 is 10.1 Å². The number of aromatic nitrogens is 1. The van der Waals surface area contributed by atoms with E-state index in [-0.39, 0.29) is 28.7 Å². The van der Waals surface area contributed by atoms with Gasteiger partial charge in [-0.1, -0.05) is 0 Å². The van der Waals surface area contributed by atoms with Crippen LogP contribution in [0.5, 0.6) is 5.75 Å². The van der Waals surface area contributed by atoms with Crippen molar-refractivity contribution < 1.29 is 32.2 Å². The van der Waals surface area contributed by atoms with E-state index in [1.54, 1.807) is 12.3 Å². The number of methoxy groups -OCH3 is 1. The Hall–Kier alpha value is -2.81. The van der Waals surface area contributed by atoms with E-state index in [9.17, 15) is 18.0 Å². The average Bonchev–Trinajstić information content (AvgIpc) is 3.61. The number of carbonyl (C=O) groups excluding carboxylic acids is 1. The van der Waals surface area contributed by atoms with Crippen molar-refractivity contribution in [2.24, 2.45) is 0 Å². The van der Waals surface area contributed by atoms with Gasteiger partial charge in [0.2, 0.25) is 0 Å². The lowest BCUT2D eigenvalue weighted by molar-refractivity contribution is -0.0505. The number of ether oxygens (including phenoxy) is 3. The van der Waals surface area contributed by atoms with Gasteiger partial charge in [0.15, 0.2) is 5.75 Å². The Balaban J connectivity index is 1.75. The zero-order valence-electron chi connectivity index (χ0n) is 17.0. The van der Waals surface area contributed by atoms with Crippen molar-refractivity contribution in [1.82, 2.24) is 4.98 Å². The number of nitrogens with one attached hydrogen (secondary N) is 1. The molecule has 31 heavy (non-hydrogen) atoms. The van der Waals surface area contributed by atoms with Crippen LogP contribution in [-0.2, 0) is 9.47 Å². The van der Waals surface area contributed by atoms with Gasteiger partial charge in [0.1, 0.15) is 17.2 Å². The van der Waals surface area contributed by atoms with E-state index in [2.05, 4.69) is 10.3 Å². The van der Waals surface area contributed by atoms with Gasteiger partial charge in [0.25, 0.3) is 0 Å². The minimum atomic E-state index is -3.10. The molecule has 4 rings (SSSR count). The molecule has 0 amide bonds. The topological polar surface area (TPSA) is 69.7 Å². The summed E-state index contributed by atoms with van der Waals surface area (Å²) in [5, 5.41) is 2.83. The number of benzene rings is 1. The van der Waals surface area contributed by atoms with E-state index in [1.807, 2.05) is 0 Å². The number of carbonyl (C=O) groups is 1. The fraction of sp³-hybridized carbons (Fsp3) is 0.455. The van der Waals surface area contributed by atoms with Crippen molar-refractivity contribution >= 4 is 17.5 Å². The van der Waals surface area contributed by atoms with E-state index in [0.717, 1.165) is 24.5 Å². The summed E-state index contributed by atoms with van der Waals surface area (Å²) in [5.41, 5.74) is 1.35. The Morgan fingerprint density at radius 2 is 1.90 bits per heavy atom. The number of alkyl halides is 2. The molecular weight excluding hydrogens is 413 g/mol. The first-order valence-electron chi connectivity index (χ1n) is 10.2. The number of hydrogen-bond donors (Lipinski definition) is 1. The molecule has 1 aromatic carbocycles. The van der Waals surface area contributed by atoms with Crippen LogP contribution in [0.25, 0.3) is 0 Å². The second-order valence-electron chi connectivity index (χ2n) is 7.69. The molecule has 1 saturated heterocycles. The molecule has 1 saturated carbocycles. The number of anilines is 2. The zero-order valence-corrected chi connectivity index (χ0v) is 17.0. The number of esters is 1. The van der Waals surface area contributed by atoms with Crippen LogP contribution in [0.3, 0.4) is 0 Å². The molecule has 1 N–H and O–H groups in total. The minimum Gasteiger partial charge on any atom is -0.465 e. The molecule has 2 heterocycles. The maximum Gasteiger partial charge on any atom is 0.387 e. The molecular formula is C22H23F3N2O4. The van der Waals surface area contributed by atoms with Crippen molar-refractivity contribution in [1.29, 1.82) is 0 Å². The Labute approximate surface area is 177 Å². The largest absolute Gasteiger partial charge is 0.465 e. The first-order chi connectivity index (χ1) is 15.0. The lowest BCUT2D eigenvalue weighted by atomic mass is 9.90. The molecule has 6 nitrogen and oxygen atoms in total. The lowest BCUT2D eigenvalue weighted by Crippen LogP contribution is -2.17. The molecule has 1 aliphatic heterocycles. The quantitative estimate of drug-likeness (QED) is 0.608. The third kappa shape index (κ3) is 4.92. The maximum absolute atomic E-state index is 14.5. The summed E-state index contributed by atoms with van der Waals surface area (Å²) >= 11 is 0. The fourth-order valence-corrected chi connectivity index (χ4v) is 3.85. The van der Waals surface area contributed by atoms with E-state index in [4.69, 9.17) is 14.2 Å². The molecule has 166 valence electrons. The molecule has 1 aromatic heterocycles. The van der Waals surface area contributed by atoms with Crippen molar-refractivity contribution in [3.8, 4) is 5.75 Å². The van der Waals surface area contributed by atoms with Gasteiger partial charge in [-0.15, -0.1) is 0 Å². The third-order valence-electron chi connectivity index (χ3n) is 5.57. The molecule has 2 aliphatic rings. The predicted octanol–water partition coefficient (Wildman–Crippen LogP) is 5.12. The molecule has 0 atom stereocenters.